The quantitative estimate of drug-likeness (QED) is 0.830. The largest absolute Gasteiger partial charge is 0.496 e. The van der Waals surface area contributed by atoms with Gasteiger partial charge in [-0.3, -0.25) is 0 Å². The van der Waals surface area contributed by atoms with E-state index >= 15 is 0 Å². The van der Waals surface area contributed by atoms with E-state index in [0.29, 0.717) is 17.1 Å². The van der Waals surface area contributed by atoms with Crippen molar-refractivity contribution in [1.82, 2.24) is 0 Å². The van der Waals surface area contributed by atoms with Crippen molar-refractivity contribution < 1.29 is 23.8 Å². The molecule has 0 radical (unpaired) electrons. The Morgan fingerprint density at radius 3 is 2.77 bits per heavy atom. The van der Waals surface area contributed by atoms with Crippen LogP contribution < -0.4 is 9.47 Å². The summed E-state index contributed by atoms with van der Waals surface area (Å²) in [7, 11) is 1.54. The highest BCUT2D eigenvalue weighted by atomic mass is 19.1. The van der Waals surface area contributed by atoms with Crippen molar-refractivity contribution in [3.8, 4) is 11.5 Å². The summed E-state index contributed by atoms with van der Waals surface area (Å²) >= 11 is 0. The minimum Gasteiger partial charge on any atom is -0.496 e. The molecule has 0 bridgehead atoms. The molecule has 0 atom stereocenters. The molecule has 5 heteroatoms. The highest BCUT2D eigenvalue weighted by Crippen LogP contribution is 2.23. The summed E-state index contributed by atoms with van der Waals surface area (Å²) in [6.45, 7) is 0.182. The van der Waals surface area contributed by atoms with Gasteiger partial charge in [0.25, 0.3) is 0 Å². The molecule has 0 amide bonds. The summed E-state index contributed by atoms with van der Waals surface area (Å²) in [6, 6.07) is 11.1. The molecule has 4 nitrogen and oxygen atoms in total. The highest BCUT2D eigenvalue weighted by molar-refractivity contribution is 5.85. The van der Waals surface area contributed by atoms with Crippen molar-refractivity contribution >= 4 is 12.0 Å². The average Bonchev–Trinajstić information content (AvgIpc) is 2.51. The van der Waals surface area contributed by atoms with Gasteiger partial charge >= 0.3 is 5.97 Å². The zero-order valence-electron chi connectivity index (χ0n) is 12.0. The van der Waals surface area contributed by atoms with Crippen LogP contribution in [0.15, 0.2) is 48.5 Å². The van der Waals surface area contributed by atoms with Crippen molar-refractivity contribution in [2.45, 2.75) is 6.61 Å². The number of carboxylic acid groups (broad SMARTS) is 1. The Hall–Kier alpha value is -2.82. The van der Waals surface area contributed by atoms with Crippen molar-refractivity contribution in [3.05, 3.63) is 65.5 Å². The number of ether oxygens (including phenoxy) is 2. The number of carbonyl (C=O) groups is 1. The van der Waals surface area contributed by atoms with Gasteiger partial charge in [0.2, 0.25) is 0 Å². The van der Waals surface area contributed by atoms with Crippen LogP contribution in [0.2, 0.25) is 0 Å². The van der Waals surface area contributed by atoms with Crippen LogP contribution in [-0.4, -0.2) is 18.2 Å². The third kappa shape index (κ3) is 4.34. The van der Waals surface area contributed by atoms with E-state index in [1.807, 2.05) is 0 Å². The Morgan fingerprint density at radius 1 is 1.27 bits per heavy atom. The van der Waals surface area contributed by atoms with Crippen LogP contribution in [0.25, 0.3) is 6.08 Å². The summed E-state index contributed by atoms with van der Waals surface area (Å²) in [5, 5.41) is 8.65. The first-order chi connectivity index (χ1) is 10.6. The Balaban J connectivity index is 2.17. The lowest BCUT2D eigenvalue weighted by Gasteiger charge is -2.11. The maximum atomic E-state index is 13.1. The van der Waals surface area contributed by atoms with E-state index in [1.165, 1.54) is 25.3 Å². The van der Waals surface area contributed by atoms with Crippen LogP contribution >= 0.6 is 0 Å². The molecule has 0 heterocycles. The van der Waals surface area contributed by atoms with Gasteiger partial charge in [0.05, 0.1) is 7.11 Å². The smallest absolute Gasteiger partial charge is 0.328 e. The Morgan fingerprint density at radius 2 is 2.09 bits per heavy atom. The number of hydrogen-bond acceptors (Lipinski definition) is 3. The van der Waals surface area contributed by atoms with Crippen molar-refractivity contribution in [3.63, 3.8) is 0 Å². The number of benzene rings is 2. The van der Waals surface area contributed by atoms with Gasteiger partial charge in [0.1, 0.15) is 23.9 Å². The number of carboxylic acids is 1. The van der Waals surface area contributed by atoms with Gasteiger partial charge in [-0.25, -0.2) is 9.18 Å². The SMILES string of the molecule is COc1ccc(C=CC(=O)O)cc1COc1cccc(F)c1. The second-order valence-corrected chi connectivity index (χ2v) is 4.49. The van der Waals surface area contributed by atoms with E-state index in [2.05, 4.69) is 0 Å². The number of hydrogen-bond donors (Lipinski definition) is 1. The maximum absolute atomic E-state index is 13.1. The fourth-order valence-electron chi connectivity index (χ4n) is 1.90. The lowest BCUT2D eigenvalue weighted by molar-refractivity contribution is -0.131. The first-order valence-corrected chi connectivity index (χ1v) is 6.55. The molecule has 2 aromatic rings. The third-order valence-electron chi connectivity index (χ3n) is 2.91. The summed E-state index contributed by atoms with van der Waals surface area (Å²) in [5.41, 5.74) is 1.44. The summed E-state index contributed by atoms with van der Waals surface area (Å²) in [5.74, 6) is -0.367. The van der Waals surface area contributed by atoms with Crippen LogP contribution in [-0.2, 0) is 11.4 Å². The van der Waals surface area contributed by atoms with Crippen molar-refractivity contribution in [1.29, 1.82) is 0 Å². The molecule has 0 fully saturated rings. The summed E-state index contributed by atoms with van der Waals surface area (Å²) in [4.78, 5) is 10.6. The molecule has 2 rings (SSSR count). The van der Waals surface area contributed by atoms with Crippen LogP contribution in [0.4, 0.5) is 4.39 Å². The van der Waals surface area contributed by atoms with Crippen molar-refractivity contribution in [2.24, 2.45) is 0 Å². The molecule has 0 spiro atoms. The second-order valence-electron chi connectivity index (χ2n) is 4.49. The fraction of sp³-hybridized carbons (Fsp3) is 0.118. The minimum atomic E-state index is -1.02. The first kappa shape index (κ1) is 15.6. The molecular weight excluding hydrogens is 287 g/mol. The van der Waals surface area contributed by atoms with Gasteiger partial charge in [-0.05, 0) is 35.9 Å². The van der Waals surface area contributed by atoms with Gasteiger partial charge in [0.15, 0.2) is 0 Å². The predicted octanol–water partition coefficient (Wildman–Crippen LogP) is 3.51. The number of aliphatic carboxylic acids is 1. The predicted molar refractivity (Wildman–Crippen MR) is 80.4 cm³/mol. The van der Waals surface area contributed by atoms with Gasteiger partial charge < -0.3 is 14.6 Å². The zero-order valence-corrected chi connectivity index (χ0v) is 12.0. The Labute approximate surface area is 127 Å². The third-order valence-corrected chi connectivity index (χ3v) is 2.91. The van der Waals surface area contributed by atoms with E-state index in [0.717, 1.165) is 11.6 Å². The monoisotopic (exact) mass is 302 g/mol. The fourth-order valence-corrected chi connectivity index (χ4v) is 1.90. The van der Waals surface area contributed by atoms with E-state index in [4.69, 9.17) is 14.6 Å². The Bertz CT molecular complexity index is 695. The summed E-state index contributed by atoms with van der Waals surface area (Å²) in [6.07, 6.45) is 2.53. The molecule has 0 aliphatic carbocycles. The normalized spacial score (nSPS) is 10.6. The highest BCUT2D eigenvalue weighted by Gasteiger charge is 2.05. The number of rotatable bonds is 6. The van der Waals surface area contributed by atoms with E-state index < -0.39 is 5.97 Å². The lowest BCUT2D eigenvalue weighted by atomic mass is 10.1. The zero-order chi connectivity index (χ0) is 15.9. The molecule has 0 saturated heterocycles. The maximum Gasteiger partial charge on any atom is 0.328 e. The van der Waals surface area contributed by atoms with Crippen LogP contribution in [0.5, 0.6) is 11.5 Å². The Kier molecular flexibility index (Phi) is 5.14. The number of methoxy groups -OCH3 is 1. The van der Waals surface area contributed by atoms with E-state index in [-0.39, 0.29) is 12.4 Å². The van der Waals surface area contributed by atoms with Crippen LogP contribution in [0.1, 0.15) is 11.1 Å². The standard InChI is InChI=1S/C17H15FO4/c1-21-16-7-5-12(6-8-17(19)20)9-13(16)11-22-15-4-2-3-14(18)10-15/h2-10H,11H2,1H3,(H,19,20). The first-order valence-electron chi connectivity index (χ1n) is 6.55. The van der Waals surface area contributed by atoms with E-state index in [9.17, 15) is 9.18 Å². The molecular formula is C17H15FO4. The molecule has 22 heavy (non-hydrogen) atoms. The van der Waals surface area contributed by atoms with Gasteiger partial charge in [-0.15, -0.1) is 0 Å². The molecule has 0 aliphatic rings. The number of halogens is 1. The van der Waals surface area contributed by atoms with Crippen molar-refractivity contribution in [2.75, 3.05) is 7.11 Å². The summed E-state index contributed by atoms with van der Waals surface area (Å²) < 4.78 is 23.9. The minimum absolute atomic E-state index is 0.182. The van der Waals surface area contributed by atoms with Crippen LogP contribution in [0, 0.1) is 5.82 Å². The molecule has 0 aliphatic heterocycles. The molecule has 0 aromatic heterocycles. The lowest BCUT2D eigenvalue weighted by Crippen LogP contribution is -1.99. The topological polar surface area (TPSA) is 55.8 Å². The molecule has 114 valence electrons. The van der Waals surface area contributed by atoms with Gasteiger partial charge in [-0.2, -0.15) is 0 Å². The molecule has 2 aromatic carbocycles. The van der Waals surface area contributed by atoms with Gasteiger partial charge in [-0.1, -0.05) is 12.1 Å². The second kappa shape index (κ2) is 7.26. The van der Waals surface area contributed by atoms with Gasteiger partial charge in [0, 0.05) is 17.7 Å². The molecule has 0 unspecified atom stereocenters. The van der Waals surface area contributed by atoms with Crippen LogP contribution in [0.3, 0.4) is 0 Å². The average molecular weight is 302 g/mol. The van der Waals surface area contributed by atoms with E-state index in [1.54, 1.807) is 30.3 Å². The molecule has 1 N–H and O–H groups in total. The molecule has 0 saturated carbocycles.